The van der Waals surface area contributed by atoms with E-state index < -0.39 is 0 Å². The number of nitrogens with zero attached hydrogens (tertiary/aromatic N) is 3. The number of benzene rings is 1. The molecule has 0 radical (unpaired) electrons. The lowest BCUT2D eigenvalue weighted by Crippen LogP contribution is -2.41. The molecule has 158 valence electrons. The molecule has 1 aromatic carbocycles. The van der Waals surface area contributed by atoms with Gasteiger partial charge in [-0.2, -0.15) is 5.10 Å². The van der Waals surface area contributed by atoms with Crippen LogP contribution >= 0.6 is 22.7 Å². The summed E-state index contributed by atoms with van der Waals surface area (Å²) >= 11 is 3.42. The summed E-state index contributed by atoms with van der Waals surface area (Å²) in [5, 5.41) is 9.92. The van der Waals surface area contributed by atoms with Crippen molar-refractivity contribution in [1.82, 2.24) is 14.7 Å². The zero-order valence-corrected chi connectivity index (χ0v) is 19.1. The molecule has 1 aliphatic rings. The molecule has 31 heavy (non-hydrogen) atoms. The minimum Gasteiger partial charge on any atom is -0.325 e. The third kappa shape index (κ3) is 3.51. The second-order valence-corrected chi connectivity index (χ2v) is 10.2. The number of thiophene rings is 2. The predicted octanol–water partition coefficient (Wildman–Crippen LogP) is 4.96. The van der Waals surface area contributed by atoms with Gasteiger partial charge >= 0.3 is 0 Å². The fourth-order valence-electron chi connectivity index (χ4n) is 4.29. The van der Waals surface area contributed by atoms with E-state index in [0.29, 0.717) is 29.6 Å². The average molecular weight is 450 g/mol. The van der Waals surface area contributed by atoms with Crippen LogP contribution in [0.3, 0.4) is 0 Å². The van der Waals surface area contributed by atoms with Crippen molar-refractivity contribution in [1.29, 1.82) is 0 Å². The highest BCUT2D eigenvalue weighted by Gasteiger charge is 2.35. The normalized spacial score (nSPS) is 16.1. The highest BCUT2D eigenvalue weighted by atomic mass is 32.1. The Balaban J connectivity index is 1.66. The van der Waals surface area contributed by atoms with Crippen LogP contribution in [-0.2, 0) is 13.0 Å². The van der Waals surface area contributed by atoms with Gasteiger partial charge in [0.05, 0.1) is 11.4 Å². The summed E-state index contributed by atoms with van der Waals surface area (Å²) in [4.78, 5) is 31.3. The summed E-state index contributed by atoms with van der Waals surface area (Å²) in [7, 11) is 0. The second-order valence-electron chi connectivity index (χ2n) is 8.24. The molecule has 1 amide bonds. The number of rotatable bonds is 4. The molecule has 5 nitrogen and oxygen atoms in total. The van der Waals surface area contributed by atoms with E-state index in [1.165, 1.54) is 15.1 Å². The topological polar surface area (TPSA) is 55.2 Å². The molecule has 0 fully saturated rings. The lowest BCUT2D eigenvalue weighted by molar-refractivity contribution is 0.0692. The third-order valence-electron chi connectivity index (χ3n) is 5.65. The first-order chi connectivity index (χ1) is 15.0. The quantitative estimate of drug-likeness (QED) is 0.442. The number of hydrogen-bond donors (Lipinski definition) is 0. The molecule has 5 rings (SSSR count). The van der Waals surface area contributed by atoms with E-state index >= 15 is 0 Å². The first kappa shape index (κ1) is 20.2. The SMILES string of the molecule is CC(C)Cn1nc(C(=O)N2CCc3sccc3[C@@H]2c2cccs2)c2ccccc2c1=O. The van der Waals surface area contributed by atoms with Crippen molar-refractivity contribution >= 4 is 39.4 Å². The average Bonchev–Trinajstić information content (AvgIpc) is 3.46. The van der Waals surface area contributed by atoms with Crippen molar-refractivity contribution in [3.63, 3.8) is 0 Å². The first-order valence-corrected chi connectivity index (χ1v) is 12.2. The number of amides is 1. The van der Waals surface area contributed by atoms with E-state index in [1.54, 1.807) is 28.7 Å². The predicted molar refractivity (Wildman–Crippen MR) is 126 cm³/mol. The van der Waals surface area contributed by atoms with E-state index in [1.807, 2.05) is 43.0 Å². The number of carbonyl (C=O) groups is 1. The van der Waals surface area contributed by atoms with Crippen molar-refractivity contribution in [3.8, 4) is 0 Å². The maximum Gasteiger partial charge on any atom is 0.275 e. The maximum absolute atomic E-state index is 14.0. The van der Waals surface area contributed by atoms with Gasteiger partial charge in [0, 0.05) is 28.2 Å². The smallest absolute Gasteiger partial charge is 0.275 e. The highest BCUT2D eigenvalue weighted by Crippen LogP contribution is 2.40. The third-order valence-corrected chi connectivity index (χ3v) is 7.57. The van der Waals surface area contributed by atoms with Crippen molar-refractivity contribution in [2.24, 2.45) is 5.92 Å². The Morgan fingerprint density at radius 2 is 1.90 bits per heavy atom. The molecule has 0 saturated heterocycles. The number of aromatic nitrogens is 2. The van der Waals surface area contributed by atoms with Gasteiger partial charge in [0.25, 0.3) is 11.5 Å². The summed E-state index contributed by atoms with van der Waals surface area (Å²) < 4.78 is 1.46. The van der Waals surface area contributed by atoms with Crippen LogP contribution in [0.1, 0.15) is 45.7 Å². The molecule has 3 aromatic heterocycles. The molecular formula is C24H23N3O2S2. The standard InChI is InChI=1S/C24H23N3O2S2/c1-15(2)14-27-23(28)17-7-4-3-6-16(17)21(25-27)24(29)26-11-9-19-18(10-13-31-19)22(26)20-8-5-12-30-20/h3-8,10,12-13,15,22H,9,11,14H2,1-2H3/t22-/m1/s1. The highest BCUT2D eigenvalue weighted by molar-refractivity contribution is 7.10. The number of carbonyl (C=O) groups excluding carboxylic acids is 1. The van der Waals surface area contributed by atoms with E-state index in [-0.39, 0.29) is 23.4 Å². The van der Waals surface area contributed by atoms with Gasteiger partial charge < -0.3 is 4.90 Å². The molecule has 0 unspecified atom stereocenters. The first-order valence-electron chi connectivity index (χ1n) is 10.4. The summed E-state index contributed by atoms with van der Waals surface area (Å²) in [6.45, 7) is 5.20. The lowest BCUT2D eigenvalue weighted by atomic mass is 9.97. The summed E-state index contributed by atoms with van der Waals surface area (Å²) in [6, 6.07) is 13.5. The van der Waals surface area contributed by atoms with Crippen molar-refractivity contribution in [2.75, 3.05) is 6.54 Å². The van der Waals surface area contributed by atoms with E-state index in [2.05, 4.69) is 28.0 Å². The van der Waals surface area contributed by atoms with Crippen LogP contribution < -0.4 is 5.56 Å². The van der Waals surface area contributed by atoms with Gasteiger partial charge in [-0.15, -0.1) is 22.7 Å². The molecule has 0 aliphatic carbocycles. The van der Waals surface area contributed by atoms with Crippen LogP contribution in [0.25, 0.3) is 10.8 Å². The second kappa shape index (κ2) is 8.05. The van der Waals surface area contributed by atoms with Crippen LogP contribution in [0.5, 0.6) is 0 Å². The van der Waals surface area contributed by atoms with Gasteiger partial charge in [-0.25, -0.2) is 4.68 Å². The maximum atomic E-state index is 14.0. The molecule has 4 heterocycles. The molecule has 0 spiro atoms. The van der Waals surface area contributed by atoms with Crippen molar-refractivity contribution in [3.05, 3.63) is 84.6 Å². The van der Waals surface area contributed by atoms with Gasteiger partial charge in [0.2, 0.25) is 0 Å². The van der Waals surface area contributed by atoms with Gasteiger partial charge in [-0.1, -0.05) is 38.1 Å². The number of hydrogen-bond acceptors (Lipinski definition) is 5. The largest absolute Gasteiger partial charge is 0.325 e. The Kier molecular flexibility index (Phi) is 5.24. The minimum absolute atomic E-state index is 0.117. The molecule has 7 heteroatoms. The zero-order valence-electron chi connectivity index (χ0n) is 17.4. The fraction of sp³-hybridized carbons (Fsp3) is 0.292. The van der Waals surface area contributed by atoms with E-state index in [0.717, 1.165) is 11.3 Å². The van der Waals surface area contributed by atoms with Gasteiger partial charge in [0.15, 0.2) is 5.69 Å². The lowest BCUT2D eigenvalue weighted by Gasteiger charge is -2.35. The fourth-order valence-corrected chi connectivity index (χ4v) is 6.05. The molecular weight excluding hydrogens is 426 g/mol. The Labute approximate surface area is 188 Å². The van der Waals surface area contributed by atoms with Crippen LogP contribution in [-0.4, -0.2) is 27.1 Å². The van der Waals surface area contributed by atoms with Gasteiger partial charge in [0.1, 0.15) is 0 Å². The Morgan fingerprint density at radius 1 is 1.10 bits per heavy atom. The summed E-state index contributed by atoms with van der Waals surface area (Å²) in [6.07, 6.45) is 0.837. The molecule has 4 aromatic rings. The molecule has 1 aliphatic heterocycles. The molecule has 0 saturated carbocycles. The van der Waals surface area contributed by atoms with Crippen LogP contribution in [0.15, 0.2) is 58.0 Å². The van der Waals surface area contributed by atoms with Gasteiger partial charge in [-0.05, 0) is 46.9 Å². The van der Waals surface area contributed by atoms with Crippen LogP contribution in [0.2, 0.25) is 0 Å². The molecule has 0 N–H and O–H groups in total. The minimum atomic E-state index is -0.144. The Morgan fingerprint density at radius 3 is 2.65 bits per heavy atom. The zero-order chi connectivity index (χ0) is 21.5. The van der Waals surface area contributed by atoms with E-state index in [9.17, 15) is 9.59 Å². The monoisotopic (exact) mass is 449 g/mol. The number of fused-ring (bicyclic) bond motifs is 2. The molecule has 1 atom stereocenters. The Hall–Kier alpha value is -2.77. The summed E-state index contributed by atoms with van der Waals surface area (Å²) in [5.41, 5.74) is 1.41. The van der Waals surface area contributed by atoms with Crippen molar-refractivity contribution < 1.29 is 4.79 Å². The van der Waals surface area contributed by atoms with Crippen LogP contribution in [0, 0.1) is 5.92 Å². The van der Waals surface area contributed by atoms with Crippen molar-refractivity contribution in [2.45, 2.75) is 32.9 Å². The van der Waals surface area contributed by atoms with E-state index in [4.69, 9.17) is 0 Å². The van der Waals surface area contributed by atoms with Gasteiger partial charge in [-0.3, -0.25) is 9.59 Å². The Bertz CT molecular complexity index is 1300. The van der Waals surface area contributed by atoms with Crippen LogP contribution in [0.4, 0.5) is 0 Å². The summed E-state index contributed by atoms with van der Waals surface area (Å²) in [5.74, 6) is 0.125. The molecule has 0 bridgehead atoms.